The van der Waals surface area contributed by atoms with Crippen molar-refractivity contribution in [2.75, 3.05) is 5.32 Å². The quantitative estimate of drug-likeness (QED) is 0.779. The number of unbranched alkanes of at least 4 members (excludes halogenated alkanes) is 1. The summed E-state index contributed by atoms with van der Waals surface area (Å²) in [4.78, 5) is 21.8. The first-order chi connectivity index (χ1) is 8.49. The zero-order chi connectivity index (χ0) is 13.5. The van der Waals surface area contributed by atoms with Crippen LogP contribution in [0.5, 0.6) is 0 Å². The molecular formula is C13H16ClNO3. The van der Waals surface area contributed by atoms with Gasteiger partial charge in [0.25, 0.3) is 0 Å². The van der Waals surface area contributed by atoms with Crippen molar-refractivity contribution in [1.29, 1.82) is 0 Å². The summed E-state index contributed by atoms with van der Waals surface area (Å²) < 4.78 is 0. The molecule has 4 nitrogen and oxygen atoms in total. The number of hydrogen-bond donors (Lipinski definition) is 2. The van der Waals surface area contributed by atoms with Crippen molar-refractivity contribution in [2.45, 2.75) is 32.6 Å². The van der Waals surface area contributed by atoms with Gasteiger partial charge in [0.2, 0.25) is 5.91 Å². The lowest BCUT2D eigenvalue weighted by atomic mass is 10.2. The van der Waals surface area contributed by atoms with E-state index in [4.69, 9.17) is 16.7 Å². The van der Waals surface area contributed by atoms with E-state index < -0.39 is 5.97 Å². The fourth-order valence-electron chi connectivity index (χ4n) is 1.46. The first kappa shape index (κ1) is 14.5. The number of carboxylic acids is 1. The number of aliphatic carboxylic acids is 1. The third-order valence-corrected chi connectivity index (χ3v) is 2.91. The average Bonchev–Trinajstić information content (AvgIpc) is 2.29. The van der Waals surface area contributed by atoms with E-state index in [1.54, 1.807) is 12.1 Å². The van der Waals surface area contributed by atoms with Crippen LogP contribution in [0.3, 0.4) is 0 Å². The van der Waals surface area contributed by atoms with E-state index in [-0.39, 0.29) is 12.3 Å². The fraction of sp³-hybridized carbons (Fsp3) is 0.385. The minimum Gasteiger partial charge on any atom is -0.481 e. The summed E-state index contributed by atoms with van der Waals surface area (Å²) in [5, 5.41) is 11.8. The monoisotopic (exact) mass is 269 g/mol. The van der Waals surface area contributed by atoms with Crippen molar-refractivity contribution in [3.05, 3.63) is 28.8 Å². The number of carbonyl (C=O) groups is 2. The van der Waals surface area contributed by atoms with Crippen molar-refractivity contribution in [3.8, 4) is 0 Å². The third-order valence-electron chi connectivity index (χ3n) is 2.50. The predicted octanol–water partition coefficient (Wildman–Crippen LogP) is 3.23. The molecule has 0 aliphatic carbocycles. The van der Waals surface area contributed by atoms with Gasteiger partial charge in [-0.25, -0.2) is 0 Å². The van der Waals surface area contributed by atoms with Gasteiger partial charge >= 0.3 is 5.97 Å². The highest BCUT2D eigenvalue weighted by Crippen LogP contribution is 2.20. The van der Waals surface area contributed by atoms with Crippen LogP contribution in [0.25, 0.3) is 0 Å². The second-order valence-corrected chi connectivity index (χ2v) is 4.52. The molecule has 1 amide bonds. The zero-order valence-corrected chi connectivity index (χ0v) is 11.0. The molecule has 0 aliphatic rings. The molecular weight excluding hydrogens is 254 g/mol. The topological polar surface area (TPSA) is 66.4 Å². The smallest absolute Gasteiger partial charge is 0.303 e. The van der Waals surface area contributed by atoms with Gasteiger partial charge in [-0.05, 0) is 37.5 Å². The van der Waals surface area contributed by atoms with E-state index in [0.717, 1.165) is 5.56 Å². The maximum atomic E-state index is 11.6. The predicted molar refractivity (Wildman–Crippen MR) is 70.9 cm³/mol. The number of amides is 1. The second-order valence-electron chi connectivity index (χ2n) is 4.11. The van der Waals surface area contributed by atoms with Gasteiger partial charge in [-0.1, -0.05) is 17.7 Å². The van der Waals surface area contributed by atoms with E-state index in [2.05, 4.69) is 5.32 Å². The lowest BCUT2D eigenvalue weighted by molar-refractivity contribution is -0.137. The number of aryl methyl sites for hydroxylation is 1. The van der Waals surface area contributed by atoms with Gasteiger partial charge < -0.3 is 10.4 Å². The molecule has 0 bridgehead atoms. The molecule has 1 aromatic rings. The molecule has 0 saturated carbocycles. The Morgan fingerprint density at radius 2 is 1.94 bits per heavy atom. The highest BCUT2D eigenvalue weighted by molar-refractivity contribution is 6.31. The molecule has 0 spiro atoms. The summed E-state index contributed by atoms with van der Waals surface area (Å²) in [5.41, 5.74) is 1.62. The van der Waals surface area contributed by atoms with Crippen molar-refractivity contribution >= 4 is 29.2 Å². The zero-order valence-electron chi connectivity index (χ0n) is 10.2. The molecule has 2 N–H and O–H groups in total. The standard InChI is InChI=1S/C13H16ClNO3/c1-9-6-7-10(8-11(9)14)15-12(16)4-2-3-5-13(17)18/h6-8H,2-5H2,1H3,(H,15,16)(H,17,18). The first-order valence-electron chi connectivity index (χ1n) is 5.77. The SMILES string of the molecule is Cc1ccc(NC(=O)CCCCC(=O)O)cc1Cl. The molecule has 0 aliphatic heterocycles. The fourth-order valence-corrected chi connectivity index (χ4v) is 1.64. The Morgan fingerprint density at radius 1 is 1.28 bits per heavy atom. The maximum absolute atomic E-state index is 11.6. The second kappa shape index (κ2) is 7.01. The number of benzene rings is 1. The molecule has 18 heavy (non-hydrogen) atoms. The molecule has 0 aromatic heterocycles. The number of carbonyl (C=O) groups excluding carboxylic acids is 1. The molecule has 0 heterocycles. The Hall–Kier alpha value is -1.55. The minimum atomic E-state index is -0.833. The van der Waals surface area contributed by atoms with Crippen molar-refractivity contribution in [3.63, 3.8) is 0 Å². The van der Waals surface area contributed by atoms with Crippen LogP contribution in [0.2, 0.25) is 5.02 Å². The van der Waals surface area contributed by atoms with Crippen molar-refractivity contribution < 1.29 is 14.7 Å². The van der Waals surface area contributed by atoms with Crippen LogP contribution in [0.1, 0.15) is 31.2 Å². The molecule has 0 fully saturated rings. The average molecular weight is 270 g/mol. The third kappa shape index (κ3) is 5.19. The molecule has 0 unspecified atom stereocenters. The van der Waals surface area contributed by atoms with Crippen LogP contribution in [-0.4, -0.2) is 17.0 Å². The van der Waals surface area contributed by atoms with E-state index in [9.17, 15) is 9.59 Å². The summed E-state index contributed by atoms with van der Waals surface area (Å²) in [5.74, 6) is -0.957. The highest BCUT2D eigenvalue weighted by Gasteiger charge is 2.04. The molecule has 0 saturated heterocycles. The molecule has 1 aromatic carbocycles. The largest absolute Gasteiger partial charge is 0.481 e. The molecule has 0 atom stereocenters. The van der Waals surface area contributed by atoms with Gasteiger partial charge in [0.1, 0.15) is 0 Å². The summed E-state index contributed by atoms with van der Waals surface area (Å²) in [6.45, 7) is 1.89. The van der Waals surface area contributed by atoms with E-state index in [0.29, 0.717) is 30.0 Å². The van der Waals surface area contributed by atoms with Crippen molar-refractivity contribution in [1.82, 2.24) is 0 Å². The number of rotatable bonds is 6. The van der Waals surface area contributed by atoms with Crippen LogP contribution in [0, 0.1) is 6.92 Å². The van der Waals surface area contributed by atoms with Crippen molar-refractivity contribution in [2.24, 2.45) is 0 Å². The normalized spacial score (nSPS) is 10.1. The number of hydrogen-bond acceptors (Lipinski definition) is 2. The van der Waals surface area contributed by atoms with Gasteiger partial charge in [-0.3, -0.25) is 9.59 Å². The Labute approximate surface area is 111 Å². The summed E-state index contributed by atoms with van der Waals surface area (Å²) in [6, 6.07) is 5.32. The van der Waals surface area contributed by atoms with Crippen LogP contribution in [0.15, 0.2) is 18.2 Å². The van der Waals surface area contributed by atoms with Gasteiger partial charge in [0.05, 0.1) is 0 Å². The molecule has 98 valence electrons. The van der Waals surface area contributed by atoms with Gasteiger partial charge in [0, 0.05) is 23.6 Å². The van der Waals surface area contributed by atoms with Gasteiger partial charge in [0.15, 0.2) is 0 Å². The summed E-state index contributed by atoms with van der Waals surface area (Å²) in [7, 11) is 0. The summed E-state index contributed by atoms with van der Waals surface area (Å²) in [6.07, 6.45) is 1.50. The van der Waals surface area contributed by atoms with Gasteiger partial charge in [-0.15, -0.1) is 0 Å². The number of carboxylic acid groups (broad SMARTS) is 1. The van der Waals surface area contributed by atoms with Gasteiger partial charge in [-0.2, -0.15) is 0 Å². The first-order valence-corrected chi connectivity index (χ1v) is 6.14. The van der Waals surface area contributed by atoms with E-state index in [1.165, 1.54) is 0 Å². The number of anilines is 1. The minimum absolute atomic E-state index is 0.101. The van der Waals surface area contributed by atoms with Crippen LogP contribution >= 0.6 is 11.6 Å². The maximum Gasteiger partial charge on any atom is 0.303 e. The van der Waals surface area contributed by atoms with Crippen LogP contribution < -0.4 is 5.32 Å². The lowest BCUT2D eigenvalue weighted by Crippen LogP contribution is -2.11. The highest BCUT2D eigenvalue weighted by atomic mass is 35.5. The molecule has 5 heteroatoms. The Bertz CT molecular complexity index is 446. The molecule has 0 radical (unpaired) electrons. The Kier molecular flexibility index (Phi) is 5.65. The Balaban J connectivity index is 2.35. The van der Waals surface area contributed by atoms with Crippen LogP contribution in [-0.2, 0) is 9.59 Å². The number of nitrogens with one attached hydrogen (secondary N) is 1. The number of halogens is 1. The van der Waals surface area contributed by atoms with Crippen LogP contribution in [0.4, 0.5) is 5.69 Å². The van der Waals surface area contributed by atoms with E-state index in [1.807, 2.05) is 13.0 Å². The Morgan fingerprint density at radius 3 is 2.56 bits per heavy atom. The lowest BCUT2D eigenvalue weighted by Gasteiger charge is -2.06. The molecule has 1 rings (SSSR count). The van der Waals surface area contributed by atoms with E-state index >= 15 is 0 Å². The summed E-state index contributed by atoms with van der Waals surface area (Å²) >= 11 is 5.94.